The molecule has 0 aliphatic heterocycles. The van der Waals surface area contributed by atoms with Gasteiger partial charge >= 0.3 is 5.97 Å². The Morgan fingerprint density at radius 1 is 1.65 bits per heavy atom. The number of carboxylic acid groups (broad SMARTS) is 1. The van der Waals surface area contributed by atoms with Crippen LogP contribution < -0.4 is 4.90 Å². The average molecular weight is 255 g/mol. The zero-order valence-electron chi connectivity index (χ0n) is 9.85. The van der Waals surface area contributed by atoms with Crippen molar-refractivity contribution in [3.63, 3.8) is 0 Å². The molecule has 0 spiro atoms. The van der Waals surface area contributed by atoms with Crippen LogP contribution in [0.15, 0.2) is 12.3 Å². The van der Waals surface area contributed by atoms with E-state index < -0.39 is 5.97 Å². The number of carboxylic acids is 1. The van der Waals surface area contributed by atoms with Crippen LogP contribution in [0.4, 0.5) is 5.82 Å². The maximum atomic E-state index is 11.0. The molecule has 2 rings (SSSR count). The van der Waals surface area contributed by atoms with Crippen molar-refractivity contribution in [3.8, 4) is 0 Å². The minimum absolute atomic E-state index is 0.103. The lowest BCUT2D eigenvalue weighted by atomic mass is 10.2. The van der Waals surface area contributed by atoms with Gasteiger partial charge in [0.05, 0.1) is 10.6 Å². The molecule has 1 heterocycles. The predicted molar refractivity (Wildman–Crippen MR) is 66.8 cm³/mol. The van der Waals surface area contributed by atoms with Gasteiger partial charge in [0.1, 0.15) is 5.82 Å². The molecule has 1 saturated carbocycles. The molecule has 0 aromatic carbocycles. The van der Waals surface area contributed by atoms with Crippen LogP contribution in [0, 0.1) is 5.92 Å². The number of pyridine rings is 1. The molecule has 1 aliphatic rings. The normalized spacial score (nSPS) is 16.6. The Hall–Kier alpha value is -1.29. The quantitative estimate of drug-likeness (QED) is 0.898. The van der Waals surface area contributed by atoms with E-state index >= 15 is 0 Å². The molecule has 92 valence electrons. The number of aromatic nitrogens is 1. The molecule has 0 amide bonds. The van der Waals surface area contributed by atoms with Gasteiger partial charge in [-0.25, -0.2) is 9.78 Å². The van der Waals surface area contributed by atoms with Crippen molar-refractivity contribution in [2.45, 2.75) is 25.8 Å². The van der Waals surface area contributed by atoms with E-state index in [-0.39, 0.29) is 10.6 Å². The van der Waals surface area contributed by atoms with E-state index in [1.807, 2.05) is 11.9 Å². The summed E-state index contributed by atoms with van der Waals surface area (Å²) in [6, 6.07) is 1.91. The zero-order chi connectivity index (χ0) is 12.6. The second-order valence-electron chi connectivity index (χ2n) is 4.52. The Morgan fingerprint density at radius 3 is 2.82 bits per heavy atom. The number of nitrogens with zero attached hydrogens (tertiary/aromatic N) is 2. The van der Waals surface area contributed by atoms with Gasteiger partial charge in [-0.3, -0.25) is 0 Å². The van der Waals surface area contributed by atoms with Gasteiger partial charge in [-0.15, -0.1) is 0 Å². The Balaban J connectivity index is 2.25. The first kappa shape index (κ1) is 12.2. The Morgan fingerprint density at radius 2 is 2.29 bits per heavy atom. The summed E-state index contributed by atoms with van der Waals surface area (Å²) < 4.78 is 0. The van der Waals surface area contributed by atoms with Gasteiger partial charge < -0.3 is 10.0 Å². The van der Waals surface area contributed by atoms with Crippen molar-refractivity contribution in [1.82, 2.24) is 4.98 Å². The highest BCUT2D eigenvalue weighted by molar-refractivity contribution is 6.33. The maximum Gasteiger partial charge on any atom is 0.337 e. The van der Waals surface area contributed by atoms with Gasteiger partial charge in [0.25, 0.3) is 0 Å². The van der Waals surface area contributed by atoms with E-state index in [1.54, 1.807) is 0 Å². The molecule has 4 nitrogen and oxygen atoms in total. The molecule has 1 atom stereocenters. The fraction of sp³-hybridized carbons (Fsp3) is 0.500. The van der Waals surface area contributed by atoms with Crippen LogP contribution >= 0.6 is 11.6 Å². The molecule has 1 aliphatic carbocycles. The summed E-state index contributed by atoms with van der Waals surface area (Å²) in [5.74, 6) is 0.336. The van der Waals surface area contributed by atoms with Gasteiger partial charge in [-0.1, -0.05) is 11.6 Å². The Labute approximate surface area is 105 Å². The molecule has 1 unspecified atom stereocenters. The molecular formula is C12H15ClN2O2. The van der Waals surface area contributed by atoms with Crippen LogP contribution in [0.1, 0.15) is 30.1 Å². The van der Waals surface area contributed by atoms with Crippen molar-refractivity contribution in [1.29, 1.82) is 0 Å². The molecule has 1 aromatic heterocycles. The number of hydrogen-bond donors (Lipinski definition) is 1. The number of carbonyl (C=O) groups is 1. The second-order valence-corrected chi connectivity index (χ2v) is 4.92. The number of anilines is 1. The third-order valence-corrected chi connectivity index (χ3v) is 3.65. The van der Waals surface area contributed by atoms with Crippen LogP contribution in [0.25, 0.3) is 0 Å². The summed E-state index contributed by atoms with van der Waals surface area (Å²) in [4.78, 5) is 17.2. The SMILES string of the molecule is CC(C1CC1)N(C)c1cc(C(=O)O)c(Cl)cn1. The molecule has 1 N–H and O–H groups in total. The summed E-state index contributed by atoms with van der Waals surface area (Å²) >= 11 is 5.79. The summed E-state index contributed by atoms with van der Waals surface area (Å²) in [5.41, 5.74) is 0.103. The van der Waals surface area contributed by atoms with Crippen LogP contribution in [-0.2, 0) is 0 Å². The molecule has 1 aromatic rings. The number of hydrogen-bond acceptors (Lipinski definition) is 3. The van der Waals surface area contributed by atoms with Crippen molar-refractivity contribution in [3.05, 3.63) is 22.8 Å². The van der Waals surface area contributed by atoms with E-state index in [0.717, 1.165) is 0 Å². The van der Waals surface area contributed by atoms with Gasteiger partial charge in [0, 0.05) is 19.3 Å². The van der Waals surface area contributed by atoms with Crippen molar-refractivity contribution in [2.24, 2.45) is 5.92 Å². The monoisotopic (exact) mass is 254 g/mol. The first-order chi connectivity index (χ1) is 8.00. The summed E-state index contributed by atoms with van der Waals surface area (Å²) in [6.45, 7) is 2.13. The lowest BCUT2D eigenvalue weighted by Gasteiger charge is -2.26. The minimum atomic E-state index is -1.02. The Kier molecular flexibility index (Phi) is 3.24. The number of halogens is 1. The van der Waals surface area contributed by atoms with Gasteiger partial charge in [-0.2, -0.15) is 0 Å². The fourth-order valence-corrected chi connectivity index (χ4v) is 2.07. The molecule has 0 saturated heterocycles. The van der Waals surface area contributed by atoms with Crippen LogP contribution in [-0.4, -0.2) is 29.1 Å². The fourth-order valence-electron chi connectivity index (χ4n) is 1.89. The molecule has 1 fully saturated rings. The topological polar surface area (TPSA) is 53.4 Å². The predicted octanol–water partition coefficient (Wildman–Crippen LogP) is 2.67. The second kappa shape index (κ2) is 4.53. The molecule has 0 bridgehead atoms. The standard InChI is InChI=1S/C12H15ClN2O2/c1-7(8-3-4-8)15(2)11-5-9(12(16)17)10(13)6-14-11/h5-8H,3-4H2,1-2H3,(H,16,17). The van der Waals surface area contributed by atoms with E-state index in [9.17, 15) is 4.79 Å². The minimum Gasteiger partial charge on any atom is -0.478 e. The largest absolute Gasteiger partial charge is 0.478 e. The molecule has 0 radical (unpaired) electrons. The van der Waals surface area contributed by atoms with E-state index in [2.05, 4.69) is 11.9 Å². The van der Waals surface area contributed by atoms with Crippen molar-refractivity contribution >= 4 is 23.4 Å². The maximum absolute atomic E-state index is 11.0. The first-order valence-corrected chi connectivity index (χ1v) is 6.00. The van der Waals surface area contributed by atoms with Crippen LogP contribution in [0.2, 0.25) is 5.02 Å². The smallest absolute Gasteiger partial charge is 0.337 e. The number of rotatable bonds is 4. The van der Waals surface area contributed by atoms with Crippen LogP contribution in [0.5, 0.6) is 0 Å². The summed E-state index contributed by atoms with van der Waals surface area (Å²) in [6.07, 6.45) is 3.88. The third kappa shape index (κ3) is 2.52. The lowest BCUT2D eigenvalue weighted by molar-refractivity contribution is 0.0697. The zero-order valence-corrected chi connectivity index (χ0v) is 10.6. The van der Waals surface area contributed by atoms with Gasteiger partial charge in [-0.05, 0) is 31.7 Å². The summed E-state index contributed by atoms with van der Waals surface area (Å²) in [7, 11) is 1.94. The highest BCUT2D eigenvalue weighted by Gasteiger charge is 2.31. The highest BCUT2D eigenvalue weighted by atomic mass is 35.5. The average Bonchev–Trinajstić information content (AvgIpc) is 3.11. The molecule has 17 heavy (non-hydrogen) atoms. The van der Waals surface area contributed by atoms with Crippen molar-refractivity contribution in [2.75, 3.05) is 11.9 Å². The van der Waals surface area contributed by atoms with Crippen molar-refractivity contribution < 1.29 is 9.90 Å². The van der Waals surface area contributed by atoms with E-state index in [4.69, 9.17) is 16.7 Å². The summed E-state index contributed by atoms with van der Waals surface area (Å²) in [5, 5.41) is 9.18. The lowest BCUT2D eigenvalue weighted by Crippen LogP contribution is -2.31. The third-order valence-electron chi connectivity index (χ3n) is 3.35. The van der Waals surface area contributed by atoms with Gasteiger partial charge in [0.2, 0.25) is 0 Å². The number of aromatic carboxylic acids is 1. The first-order valence-electron chi connectivity index (χ1n) is 5.62. The van der Waals surface area contributed by atoms with E-state index in [0.29, 0.717) is 17.8 Å². The molecule has 5 heteroatoms. The molecular weight excluding hydrogens is 240 g/mol. The van der Waals surface area contributed by atoms with Crippen LogP contribution in [0.3, 0.4) is 0 Å². The highest BCUT2D eigenvalue weighted by Crippen LogP contribution is 2.36. The van der Waals surface area contributed by atoms with E-state index in [1.165, 1.54) is 25.1 Å². The van der Waals surface area contributed by atoms with Gasteiger partial charge in [0.15, 0.2) is 0 Å². The Bertz CT molecular complexity index is 446.